The maximum atomic E-state index is 10.4. The van der Waals surface area contributed by atoms with E-state index in [1.807, 2.05) is 19.1 Å². The van der Waals surface area contributed by atoms with Gasteiger partial charge in [-0.25, -0.2) is 0 Å². The van der Waals surface area contributed by atoms with Crippen LogP contribution < -0.4 is 4.74 Å². The molecule has 1 N–H and O–H groups in total. The first-order chi connectivity index (χ1) is 11.7. The van der Waals surface area contributed by atoms with Crippen LogP contribution >= 0.6 is 0 Å². The van der Waals surface area contributed by atoms with E-state index in [4.69, 9.17) is 9.26 Å². The zero-order valence-electron chi connectivity index (χ0n) is 14.5. The van der Waals surface area contributed by atoms with Gasteiger partial charge < -0.3 is 14.4 Å². The van der Waals surface area contributed by atoms with Crippen LogP contribution in [0, 0.1) is 0 Å². The SMILES string of the molecule is CCCc1cc([C@H]2CCCN2Cc2cccc(OCC)c2O)no1. The van der Waals surface area contributed by atoms with Gasteiger partial charge in [0.15, 0.2) is 11.5 Å². The third-order valence-corrected chi connectivity index (χ3v) is 4.53. The molecule has 24 heavy (non-hydrogen) atoms. The van der Waals surface area contributed by atoms with E-state index in [1.54, 1.807) is 6.07 Å². The molecule has 0 amide bonds. The van der Waals surface area contributed by atoms with Crippen LogP contribution in [0.1, 0.15) is 56.2 Å². The molecule has 1 fully saturated rings. The second-order valence-corrected chi connectivity index (χ2v) is 6.29. The molecule has 0 saturated carbocycles. The first-order valence-electron chi connectivity index (χ1n) is 8.86. The smallest absolute Gasteiger partial charge is 0.162 e. The van der Waals surface area contributed by atoms with Gasteiger partial charge >= 0.3 is 0 Å². The Kier molecular flexibility index (Phi) is 5.41. The number of ether oxygens (including phenoxy) is 1. The van der Waals surface area contributed by atoms with Crippen LogP contribution in [0.5, 0.6) is 11.5 Å². The summed E-state index contributed by atoms with van der Waals surface area (Å²) < 4.78 is 10.9. The van der Waals surface area contributed by atoms with E-state index in [0.29, 0.717) is 18.9 Å². The zero-order valence-corrected chi connectivity index (χ0v) is 14.5. The maximum absolute atomic E-state index is 10.4. The highest BCUT2D eigenvalue weighted by atomic mass is 16.5. The summed E-state index contributed by atoms with van der Waals surface area (Å²) in [5.41, 5.74) is 1.90. The van der Waals surface area contributed by atoms with E-state index < -0.39 is 0 Å². The molecule has 1 aliphatic heterocycles. The predicted molar refractivity (Wildman–Crippen MR) is 92.2 cm³/mol. The largest absolute Gasteiger partial charge is 0.504 e. The first kappa shape index (κ1) is 16.8. The summed E-state index contributed by atoms with van der Waals surface area (Å²) in [4.78, 5) is 2.36. The van der Waals surface area contributed by atoms with Gasteiger partial charge in [-0.05, 0) is 38.8 Å². The van der Waals surface area contributed by atoms with Crippen molar-refractivity contribution in [3.63, 3.8) is 0 Å². The van der Waals surface area contributed by atoms with E-state index in [0.717, 1.165) is 49.2 Å². The molecule has 0 aliphatic carbocycles. The van der Waals surface area contributed by atoms with Gasteiger partial charge in [0.1, 0.15) is 11.5 Å². The minimum atomic E-state index is 0.247. The summed E-state index contributed by atoms with van der Waals surface area (Å²) in [7, 11) is 0. The average Bonchev–Trinajstić information content (AvgIpc) is 3.21. The predicted octanol–water partition coefficient (Wildman–Crippen LogP) is 4.07. The van der Waals surface area contributed by atoms with Gasteiger partial charge in [-0.15, -0.1) is 0 Å². The van der Waals surface area contributed by atoms with Crippen LogP contribution in [-0.4, -0.2) is 28.3 Å². The summed E-state index contributed by atoms with van der Waals surface area (Å²) in [5.74, 6) is 1.76. The standard InChI is InChI=1S/C19H26N2O3/c1-3-7-15-12-16(20-24-15)17-9-6-11-21(17)13-14-8-5-10-18(19(14)22)23-4-2/h5,8,10,12,17,22H,3-4,6-7,9,11,13H2,1-2H3/t17-/m1/s1. The van der Waals surface area contributed by atoms with Crippen molar-refractivity contribution in [2.45, 2.75) is 52.1 Å². The molecule has 1 atom stereocenters. The van der Waals surface area contributed by atoms with E-state index in [9.17, 15) is 5.11 Å². The Bertz CT molecular complexity index is 668. The molecule has 5 heteroatoms. The number of para-hydroxylation sites is 1. The van der Waals surface area contributed by atoms with E-state index in [2.05, 4.69) is 23.0 Å². The number of rotatable bonds is 7. The Morgan fingerprint density at radius 2 is 2.25 bits per heavy atom. The van der Waals surface area contributed by atoms with E-state index in [-0.39, 0.29) is 11.8 Å². The number of likely N-dealkylation sites (tertiary alicyclic amines) is 1. The number of aromatic nitrogens is 1. The monoisotopic (exact) mass is 330 g/mol. The highest BCUT2D eigenvalue weighted by Crippen LogP contribution is 2.36. The lowest BCUT2D eigenvalue weighted by molar-refractivity contribution is 0.232. The molecule has 0 radical (unpaired) electrons. The summed E-state index contributed by atoms with van der Waals surface area (Å²) in [6.07, 6.45) is 4.19. The van der Waals surface area contributed by atoms with Crippen molar-refractivity contribution in [2.24, 2.45) is 0 Å². The van der Waals surface area contributed by atoms with Crippen molar-refractivity contribution in [3.8, 4) is 11.5 Å². The molecule has 0 unspecified atom stereocenters. The number of hydrogen-bond acceptors (Lipinski definition) is 5. The number of hydrogen-bond donors (Lipinski definition) is 1. The Balaban J connectivity index is 1.75. The van der Waals surface area contributed by atoms with Crippen LogP contribution in [0.15, 0.2) is 28.8 Å². The average molecular weight is 330 g/mol. The quantitative estimate of drug-likeness (QED) is 0.829. The molecule has 2 heterocycles. The van der Waals surface area contributed by atoms with Crippen LogP contribution in [0.2, 0.25) is 0 Å². The van der Waals surface area contributed by atoms with Gasteiger partial charge in [0, 0.05) is 24.6 Å². The minimum absolute atomic E-state index is 0.247. The lowest BCUT2D eigenvalue weighted by atomic mass is 10.1. The molecule has 1 saturated heterocycles. The second kappa shape index (κ2) is 7.71. The van der Waals surface area contributed by atoms with Crippen molar-refractivity contribution in [1.29, 1.82) is 0 Å². The van der Waals surface area contributed by atoms with Gasteiger partial charge in [0.2, 0.25) is 0 Å². The normalized spacial score (nSPS) is 18.2. The fourth-order valence-corrected chi connectivity index (χ4v) is 3.39. The Hall–Kier alpha value is -2.01. The molecule has 0 spiro atoms. The molecule has 1 aromatic heterocycles. The molecule has 130 valence electrons. The molecule has 5 nitrogen and oxygen atoms in total. The van der Waals surface area contributed by atoms with Gasteiger partial charge in [0.25, 0.3) is 0 Å². The fourth-order valence-electron chi connectivity index (χ4n) is 3.39. The van der Waals surface area contributed by atoms with Crippen LogP contribution in [0.3, 0.4) is 0 Å². The van der Waals surface area contributed by atoms with Gasteiger partial charge in [-0.2, -0.15) is 0 Å². The molecular formula is C19H26N2O3. The topological polar surface area (TPSA) is 58.7 Å². The molecule has 1 aliphatic rings. The van der Waals surface area contributed by atoms with Crippen molar-refractivity contribution < 1.29 is 14.4 Å². The molecule has 2 aromatic rings. The third kappa shape index (κ3) is 3.56. The highest BCUT2D eigenvalue weighted by molar-refractivity contribution is 5.45. The number of phenols is 1. The van der Waals surface area contributed by atoms with E-state index in [1.165, 1.54) is 0 Å². The molecule has 1 aromatic carbocycles. The van der Waals surface area contributed by atoms with Crippen molar-refractivity contribution in [2.75, 3.05) is 13.2 Å². The Morgan fingerprint density at radius 3 is 3.04 bits per heavy atom. The molecule has 0 bridgehead atoms. The number of phenolic OH excluding ortho intramolecular Hbond substituents is 1. The minimum Gasteiger partial charge on any atom is -0.504 e. The molecule has 3 rings (SSSR count). The van der Waals surface area contributed by atoms with E-state index >= 15 is 0 Å². The van der Waals surface area contributed by atoms with Crippen LogP contribution in [0.25, 0.3) is 0 Å². The van der Waals surface area contributed by atoms with Gasteiger partial charge in [0.05, 0.1) is 12.6 Å². The lowest BCUT2D eigenvalue weighted by Gasteiger charge is -2.23. The van der Waals surface area contributed by atoms with Crippen molar-refractivity contribution in [3.05, 3.63) is 41.3 Å². The number of aryl methyl sites for hydroxylation is 1. The fraction of sp³-hybridized carbons (Fsp3) is 0.526. The number of benzene rings is 1. The maximum Gasteiger partial charge on any atom is 0.162 e. The highest BCUT2D eigenvalue weighted by Gasteiger charge is 2.29. The Labute approximate surface area is 143 Å². The van der Waals surface area contributed by atoms with Crippen molar-refractivity contribution >= 4 is 0 Å². The zero-order chi connectivity index (χ0) is 16.9. The van der Waals surface area contributed by atoms with Crippen molar-refractivity contribution in [1.82, 2.24) is 10.1 Å². The summed E-state index contributed by atoms with van der Waals surface area (Å²) in [6, 6.07) is 8.04. The number of aromatic hydroxyl groups is 1. The lowest BCUT2D eigenvalue weighted by Crippen LogP contribution is -2.23. The molecular weight excluding hydrogens is 304 g/mol. The van der Waals surface area contributed by atoms with Crippen LogP contribution in [0.4, 0.5) is 0 Å². The van der Waals surface area contributed by atoms with Crippen LogP contribution in [-0.2, 0) is 13.0 Å². The number of nitrogens with zero attached hydrogens (tertiary/aromatic N) is 2. The second-order valence-electron chi connectivity index (χ2n) is 6.29. The summed E-state index contributed by atoms with van der Waals surface area (Å²) in [5, 5.41) is 14.7. The first-order valence-corrected chi connectivity index (χ1v) is 8.86. The summed E-state index contributed by atoms with van der Waals surface area (Å²) >= 11 is 0. The third-order valence-electron chi connectivity index (χ3n) is 4.53. The summed E-state index contributed by atoms with van der Waals surface area (Å²) in [6.45, 7) is 6.29. The van der Waals surface area contributed by atoms with Gasteiger partial charge in [-0.1, -0.05) is 24.2 Å². The van der Waals surface area contributed by atoms with Gasteiger partial charge in [-0.3, -0.25) is 4.90 Å². The Morgan fingerprint density at radius 1 is 1.38 bits per heavy atom.